The van der Waals surface area contributed by atoms with Crippen LogP contribution in [0, 0.1) is 5.92 Å². The summed E-state index contributed by atoms with van der Waals surface area (Å²) in [6, 6.07) is 12.9. The number of allylic oxidation sites excluding steroid dienone is 1. The largest absolute Gasteiger partial charge is 0.497 e. The molecule has 1 aliphatic heterocycles. The quantitative estimate of drug-likeness (QED) is 0.0640. The maximum atomic E-state index is 13.6. The monoisotopic (exact) mass is 714 g/mol. The van der Waals surface area contributed by atoms with Crippen LogP contribution in [0.1, 0.15) is 54.0 Å². The van der Waals surface area contributed by atoms with Gasteiger partial charge in [-0.1, -0.05) is 69.9 Å². The van der Waals surface area contributed by atoms with Crippen molar-refractivity contribution in [2.24, 2.45) is 5.92 Å². The summed E-state index contributed by atoms with van der Waals surface area (Å²) in [6.45, 7) is 14.4. The van der Waals surface area contributed by atoms with Crippen molar-refractivity contribution in [2.45, 2.75) is 83.6 Å². The zero-order valence-corrected chi connectivity index (χ0v) is 32.1. The van der Waals surface area contributed by atoms with Gasteiger partial charge >= 0.3 is 11.9 Å². The number of benzene rings is 2. The van der Waals surface area contributed by atoms with Gasteiger partial charge in [-0.3, -0.25) is 0 Å². The smallest absolute Gasteiger partial charge is 0.342 e. The number of carbonyl (C=O) groups is 2. The lowest BCUT2D eigenvalue weighted by Gasteiger charge is -2.28. The van der Waals surface area contributed by atoms with Gasteiger partial charge in [-0.15, -0.1) is 0 Å². The Bertz CT molecular complexity index is 1430. The molecule has 3 rings (SSSR count). The van der Waals surface area contributed by atoms with Crippen LogP contribution in [0.25, 0.3) is 6.08 Å². The van der Waals surface area contributed by atoms with Crippen LogP contribution >= 0.6 is 0 Å². The van der Waals surface area contributed by atoms with Gasteiger partial charge in [0.1, 0.15) is 48.3 Å². The van der Waals surface area contributed by atoms with Crippen LogP contribution in [0.2, 0.25) is 25.7 Å². The molecule has 0 bridgehead atoms. The van der Waals surface area contributed by atoms with Crippen LogP contribution in [0.3, 0.4) is 0 Å². The molecule has 12 heteroatoms. The normalized spacial score (nSPS) is 18.8. The van der Waals surface area contributed by atoms with E-state index in [1.54, 1.807) is 62.4 Å². The molecule has 1 saturated heterocycles. The highest BCUT2D eigenvalue weighted by Crippen LogP contribution is 2.36. The Morgan fingerprint density at radius 2 is 1.54 bits per heavy atom. The molecule has 276 valence electrons. The topological polar surface area (TPSA) is 117 Å². The van der Waals surface area contributed by atoms with E-state index in [0.29, 0.717) is 16.9 Å². The molecule has 0 saturated carbocycles. The van der Waals surface area contributed by atoms with Gasteiger partial charge in [-0.2, -0.15) is 0 Å². The second-order valence-corrected chi connectivity index (χ2v) is 19.5. The predicted octanol–water partition coefficient (Wildman–Crippen LogP) is 7.13. The SMILES string of the molecule is COCOc1cc(OC)cc(/C=C/C(OCOC)[C@@H]2OC(C)(C)O[C@@H]2[C@H](/C=C\C(C)C)OC(=O)c2ccccc2)c1C(=O)OCC[Si](C)(C)C. The minimum absolute atomic E-state index is 0.0791. The first kappa shape index (κ1) is 40.9. The fraction of sp³-hybridized carbons (Fsp3) is 0.526. The van der Waals surface area contributed by atoms with E-state index in [1.807, 2.05) is 32.1 Å². The minimum atomic E-state index is -1.47. The highest BCUT2D eigenvalue weighted by Gasteiger charge is 2.49. The minimum Gasteiger partial charge on any atom is -0.497 e. The van der Waals surface area contributed by atoms with Crippen molar-refractivity contribution in [3.05, 3.63) is 77.4 Å². The number of rotatable bonds is 19. The Morgan fingerprint density at radius 3 is 2.14 bits per heavy atom. The second-order valence-electron chi connectivity index (χ2n) is 13.9. The maximum Gasteiger partial charge on any atom is 0.342 e. The van der Waals surface area contributed by atoms with Crippen molar-refractivity contribution in [1.29, 1.82) is 0 Å². The maximum absolute atomic E-state index is 13.6. The molecule has 0 aromatic heterocycles. The molecule has 0 N–H and O–H groups in total. The third-order valence-electron chi connectivity index (χ3n) is 7.56. The van der Waals surface area contributed by atoms with Gasteiger partial charge in [0.2, 0.25) is 0 Å². The van der Waals surface area contributed by atoms with Gasteiger partial charge in [-0.05, 0) is 55.6 Å². The van der Waals surface area contributed by atoms with Crippen molar-refractivity contribution >= 4 is 26.1 Å². The number of hydrogen-bond acceptors (Lipinski definition) is 11. The summed E-state index contributed by atoms with van der Waals surface area (Å²) in [5.41, 5.74) is 1.07. The summed E-state index contributed by atoms with van der Waals surface area (Å²) < 4.78 is 52.6. The summed E-state index contributed by atoms with van der Waals surface area (Å²) in [5, 5.41) is 0. The highest BCUT2D eigenvalue weighted by molar-refractivity contribution is 6.76. The Morgan fingerprint density at radius 1 is 0.880 bits per heavy atom. The molecule has 50 heavy (non-hydrogen) atoms. The zero-order chi connectivity index (χ0) is 36.9. The third kappa shape index (κ3) is 12.7. The second kappa shape index (κ2) is 19.2. The number of ether oxygens (including phenoxy) is 9. The Labute approximate surface area is 297 Å². The van der Waals surface area contributed by atoms with E-state index in [2.05, 4.69) is 19.6 Å². The van der Waals surface area contributed by atoms with Crippen LogP contribution in [-0.2, 0) is 33.2 Å². The summed E-state index contributed by atoms with van der Waals surface area (Å²) in [7, 11) is 3.06. The van der Waals surface area contributed by atoms with Crippen molar-refractivity contribution in [2.75, 3.05) is 41.5 Å². The van der Waals surface area contributed by atoms with Crippen LogP contribution in [0.5, 0.6) is 11.5 Å². The summed E-state index contributed by atoms with van der Waals surface area (Å²) in [6.07, 6.45) is 4.06. The standard InChI is InChI=1S/C38H54O11Si/c1-26(2)16-18-31(47-36(39)27-14-12-11-13-15-27)35-34(48-38(3,4)49-35)30(45-24-41-5)19-17-28-22-29(43-7)23-32(46-25-42-6)33(28)37(40)44-20-21-50(8,9)10/h11-19,22-23,26,30-31,34-35H,20-21,24-25H2,1-10H3/b18-16-,19-17+/t30?,31-,34-,35+/m0/s1. The Hall–Kier alpha value is -3.52. The van der Waals surface area contributed by atoms with Crippen LogP contribution < -0.4 is 9.47 Å². The van der Waals surface area contributed by atoms with Gasteiger partial charge in [0.15, 0.2) is 12.6 Å². The summed E-state index contributed by atoms with van der Waals surface area (Å²) in [4.78, 5) is 26.9. The van der Waals surface area contributed by atoms with E-state index < -0.39 is 50.2 Å². The van der Waals surface area contributed by atoms with E-state index in [1.165, 1.54) is 21.3 Å². The van der Waals surface area contributed by atoms with E-state index in [9.17, 15) is 9.59 Å². The number of hydrogen-bond donors (Lipinski definition) is 0. The van der Waals surface area contributed by atoms with Crippen molar-refractivity contribution in [3.8, 4) is 11.5 Å². The van der Waals surface area contributed by atoms with Gasteiger partial charge in [0.25, 0.3) is 0 Å². The van der Waals surface area contributed by atoms with Crippen LogP contribution in [-0.4, -0.2) is 91.7 Å². The van der Waals surface area contributed by atoms with E-state index >= 15 is 0 Å². The highest BCUT2D eigenvalue weighted by atomic mass is 28.3. The molecule has 1 fully saturated rings. The number of methoxy groups -OCH3 is 3. The van der Waals surface area contributed by atoms with Crippen molar-refractivity contribution < 1.29 is 52.2 Å². The lowest BCUT2D eigenvalue weighted by atomic mass is 9.99. The van der Waals surface area contributed by atoms with Crippen molar-refractivity contribution in [3.63, 3.8) is 0 Å². The van der Waals surface area contributed by atoms with Crippen LogP contribution in [0.4, 0.5) is 0 Å². The molecule has 1 aliphatic rings. The molecule has 2 aromatic carbocycles. The zero-order valence-electron chi connectivity index (χ0n) is 31.1. The third-order valence-corrected chi connectivity index (χ3v) is 9.26. The van der Waals surface area contributed by atoms with Crippen LogP contribution in [0.15, 0.2) is 60.7 Å². The average Bonchev–Trinajstić information content (AvgIpc) is 3.39. The van der Waals surface area contributed by atoms with Gasteiger partial charge < -0.3 is 42.6 Å². The molecule has 4 atom stereocenters. The Kier molecular flexibility index (Phi) is 15.7. The molecule has 1 heterocycles. The van der Waals surface area contributed by atoms with Crippen molar-refractivity contribution in [1.82, 2.24) is 0 Å². The lowest BCUT2D eigenvalue weighted by molar-refractivity contribution is -0.165. The molecule has 1 unspecified atom stereocenters. The molecular weight excluding hydrogens is 660 g/mol. The van der Waals surface area contributed by atoms with E-state index in [0.717, 1.165) is 6.04 Å². The lowest BCUT2D eigenvalue weighted by Crippen LogP contribution is -2.44. The molecule has 0 aliphatic carbocycles. The molecule has 0 radical (unpaired) electrons. The predicted molar refractivity (Wildman–Crippen MR) is 193 cm³/mol. The molecule has 0 spiro atoms. The first-order valence-corrected chi connectivity index (χ1v) is 20.5. The Balaban J connectivity index is 2.07. The van der Waals surface area contributed by atoms with Gasteiger partial charge in [0.05, 0.1) is 19.3 Å². The number of esters is 2. The first-order valence-electron chi connectivity index (χ1n) is 16.8. The van der Waals surface area contributed by atoms with Gasteiger partial charge in [-0.25, -0.2) is 9.59 Å². The van der Waals surface area contributed by atoms with E-state index in [-0.39, 0.29) is 37.4 Å². The molecular formula is C38H54O11Si. The first-order chi connectivity index (χ1) is 23.7. The van der Waals surface area contributed by atoms with E-state index in [4.69, 9.17) is 42.6 Å². The fourth-order valence-electron chi connectivity index (χ4n) is 5.08. The average molecular weight is 715 g/mol. The summed E-state index contributed by atoms with van der Waals surface area (Å²) in [5.74, 6) is -1.23. The molecule has 2 aromatic rings. The fourth-order valence-corrected chi connectivity index (χ4v) is 5.80. The van der Waals surface area contributed by atoms with Gasteiger partial charge in [0, 0.05) is 28.4 Å². The molecule has 0 amide bonds. The number of carbonyl (C=O) groups excluding carboxylic acids is 2. The molecule has 11 nitrogen and oxygen atoms in total. The summed E-state index contributed by atoms with van der Waals surface area (Å²) >= 11 is 0.